The third kappa shape index (κ3) is 6.48. The van der Waals surface area contributed by atoms with Crippen molar-refractivity contribution >= 4 is 47.4 Å². The van der Waals surface area contributed by atoms with Crippen molar-refractivity contribution in [1.82, 2.24) is 10.2 Å². The molecule has 1 saturated heterocycles. The van der Waals surface area contributed by atoms with E-state index in [0.29, 0.717) is 36.7 Å². The Morgan fingerprint density at radius 3 is 2.52 bits per heavy atom. The fraction of sp³-hybridized carbons (Fsp3) is 0.286. The number of nitrogens with one attached hydrogen (secondary N) is 2. The summed E-state index contributed by atoms with van der Waals surface area (Å²) in [4.78, 5) is 29.8. The largest absolute Gasteiger partial charge is 0.493 e. The number of aliphatic imine (C=N–C) groups is 1. The monoisotopic (exact) mass is 539 g/mol. The summed E-state index contributed by atoms with van der Waals surface area (Å²) in [6, 6.07) is 12.5. The highest BCUT2D eigenvalue weighted by atomic mass is 127. The SMILES string of the molecule is COc1ccc(NC(N)=NCc2ccc(C(=O)N3CCNC(=O)C3)cc2)cc1OC.I. The van der Waals surface area contributed by atoms with Crippen LogP contribution in [0.3, 0.4) is 0 Å². The van der Waals surface area contributed by atoms with E-state index in [1.165, 1.54) is 4.90 Å². The molecule has 0 atom stereocenters. The molecule has 2 aromatic carbocycles. The first-order chi connectivity index (χ1) is 14.5. The van der Waals surface area contributed by atoms with Gasteiger partial charge in [-0.05, 0) is 29.8 Å². The van der Waals surface area contributed by atoms with Crippen LogP contribution < -0.4 is 25.8 Å². The van der Waals surface area contributed by atoms with Crippen LogP contribution in [0.2, 0.25) is 0 Å². The second kappa shape index (κ2) is 11.4. The van der Waals surface area contributed by atoms with Crippen molar-refractivity contribution in [3.05, 3.63) is 53.6 Å². The highest BCUT2D eigenvalue weighted by Gasteiger charge is 2.22. The van der Waals surface area contributed by atoms with Gasteiger partial charge in [-0.1, -0.05) is 12.1 Å². The van der Waals surface area contributed by atoms with Crippen LogP contribution in [0.4, 0.5) is 5.69 Å². The second-order valence-electron chi connectivity index (χ2n) is 6.67. The van der Waals surface area contributed by atoms with E-state index in [4.69, 9.17) is 15.2 Å². The Morgan fingerprint density at radius 1 is 1.16 bits per heavy atom. The molecule has 166 valence electrons. The Kier molecular flexibility index (Phi) is 8.91. The second-order valence-corrected chi connectivity index (χ2v) is 6.67. The summed E-state index contributed by atoms with van der Waals surface area (Å²) in [5.74, 6) is 1.16. The minimum Gasteiger partial charge on any atom is -0.493 e. The molecule has 1 fully saturated rings. The molecule has 1 heterocycles. The van der Waals surface area contributed by atoms with Gasteiger partial charge in [0.05, 0.1) is 27.3 Å². The summed E-state index contributed by atoms with van der Waals surface area (Å²) < 4.78 is 10.5. The molecular weight excluding hydrogens is 513 g/mol. The molecule has 0 radical (unpaired) electrons. The van der Waals surface area contributed by atoms with Gasteiger partial charge in [0, 0.05) is 30.4 Å². The lowest BCUT2D eigenvalue weighted by molar-refractivity contribution is -0.123. The van der Waals surface area contributed by atoms with Crippen molar-refractivity contribution in [1.29, 1.82) is 0 Å². The minimum atomic E-state index is -0.158. The number of amides is 2. The van der Waals surface area contributed by atoms with Crippen LogP contribution in [0.15, 0.2) is 47.5 Å². The predicted molar refractivity (Wildman–Crippen MR) is 129 cm³/mol. The van der Waals surface area contributed by atoms with E-state index in [9.17, 15) is 9.59 Å². The average Bonchev–Trinajstić information content (AvgIpc) is 2.77. The maximum absolute atomic E-state index is 12.5. The summed E-state index contributed by atoms with van der Waals surface area (Å²) in [7, 11) is 3.14. The van der Waals surface area contributed by atoms with Gasteiger partial charge in [0.2, 0.25) is 5.91 Å². The molecule has 0 spiro atoms. The van der Waals surface area contributed by atoms with E-state index in [2.05, 4.69) is 15.6 Å². The van der Waals surface area contributed by atoms with E-state index in [1.54, 1.807) is 38.5 Å². The fourth-order valence-electron chi connectivity index (χ4n) is 3.03. The number of guanidine groups is 1. The van der Waals surface area contributed by atoms with E-state index in [0.717, 1.165) is 11.3 Å². The smallest absolute Gasteiger partial charge is 0.254 e. The van der Waals surface area contributed by atoms with Gasteiger partial charge in [0.25, 0.3) is 5.91 Å². The molecule has 1 aliphatic rings. The molecule has 0 saturated carbocycles. The van der Waals surface area contributed by atoms with Gasteiger partial charge >= 0.3 is 0 Å². The molecule has 2 aromatic rings. The Morgan fingerprint density at radius 2 is 1.87 bits per heavy atom. The fourth-order valence-corrected chi connectivity index (χ4v) is 3.03. The lowest BCUT2D eigenvalue weighted by Gasteiger charge is -2.26. The molecule has 3 rings (SSSR count). The molecule has 0 bridgehead atoms. The summed E-state index contributed by atoms with van der Waals surface area (Å²) >= 11 is 0. The highest BCUT2D eigenvalue weighted by Crippen LogP contribution is 2.29. The zero-order valence-electron chi connectivity index (χ0n) is 17.4. The van der Waals surface area contributed by atoms with Crippen LogP contribution in [-0.4, -0.2) is 56.5 Å². The van der Waals surface area contributed by atoms with Crippen molar-refractivity contribution in [2.24, 2.45) is 10.7 Å². The van der Waals surface area contributed by atoms with Crippen LogP contribution in [-0.2, 0) is 11.3 Å². The summed E-state index contributed by atoms with van der Waals surface area (Å²) in [5, 5.41) is 5.71. The van der Waals surface area contributed by atoms with Crippen LogP contribution in [0.5, 0.6) is 11.5 Å². The molecule has 31 heavy (non-hydrogen) atoms. The zero-order chi connectivity index (χ0) is 21.5. The van der Waals surface area contributed by atoms with Gasteiger partial charge in [-0.2, -0.15) is 0 Å². The summed E-state index contributed by atoms with van der Waals surface area (Å²) in [5.41, 5.74) is 8.13. The number of ether oxygens (including phenoxy) is 2. The molecule has 10 heteroatoms. The van der Waals surface area contributed by atoms with Crippen molar-refractivity contribution < 1.29 is 19.1 Å². The lowest BCUT2D eigenvalue weighted by atomic mass is 10.1. The zero-order valence-corrected chi connectivity index (χ0v) is 19.7. The van der Waals surface area contributed by atoms with Crippen LogP contribution >= 0.6 is 24.0 Å². The number of piperazine rings is 1. The van der Waals surface area contributed by atoms with E-state index in [1.807, 2.05) is 18.2 Å². The number of carbonyl (C=O) groups is 2. The number of hydrogen-bond donors (Lipinski definition) is 3. The quantitative estimate of drug-likeness (QED) is 0.293. The van der Waals surface area contributed by atoms with Crippen LogP contribution in [0.25, 0.3) is 0 Å². The first-order valence-corrected chi connectivity index (χ1v) is 9.44. The van der Waals surface area contributed by atoms with Crippen LogP contribution in [0.1, 0.15) is 15.9 Å². The molecule has 1 aliphatic heterocycles. The lowest BCUT2D eigenvalue weighted by Crippen LogP contribution is -2.49. The number of nitrogens with two attached hydrogens (primary N) is 1. The number of rotatable bonds is 6. The number of halogens is 1. The van der Waals surface area contributed by atoms with Crippen molar-refractivity contribution in [2.45, 2.75) is 6.54 Å². The molecule has 0 unspecified atom stereocenters. The first-order valence-electron chi connectivity index (χ1n) is 9.44. The Bertz CT molecular complexity index is 949. The molecular formula is C21H26IN5O4. The van der Waals surface area contributed by atoms with Gasteiger partial charge in [-0.15, -0.1) is 24.0 Å². The van der Waals surface area contributed by atoms with Gasteiger partial charge in [-0.25, -0.2) is 4.99 Å². The molecule has 9 nitrogen and oxygen atoms in total. The van der Waals surface area contributed by atoms with Crippen molar-refractivity contribution in [3.63, 3.8) is 0 Å². The maximum atomic E-state index is 12.5. The molecule has 0 aliphatic carbocycles. The number of nitrogens with zero attached hydrogens (tertiary/aromatic N) is 2. The standard InChI is InChI=1S/C21H25N5O4.HI/c1-29-17-8-7-16(11-18(17)30-2)25-21(22)24-12-14-3-5-15(6-4-14)20(28)26-10-9-23-19(27)13-26;/h3-8,11H,9-10,12-13H2,1-2H3,(H,23,27)(H3,22,24,25);1H. The number of methoxy groups -OCH3 is 2. The average molecular weight is 539 g/mol. The van der Waals surface area contributed by atoms with Gasteiger partial charge < -0.3 is 30.7 Å². The topological polar surface area (TPSA) is 118 Å². The number of anilines is 1. The maximum Gasteiger partial charge on any atom is 0.254 e. The third-order valence-electron chi connectivity index (χ3n) is 4.61. The summed E-state index contributed by atoms with van der Waals surface area (Å²) in [6.45, 7) is 1.43. The van der Waals surface area contributed by atoms with E-state index >= 15 is 0 Å². The van der Waals surface area contributed by atoms with Gasteiger partial charge in [0.15, 0.2) is 17.5 Å². The Hall–Kier alpha value is -3.02. The summed E-state index contributed by atoms with van der Waals surface area (Å²) in [6.07, 6.45) is 0. The van der Waals surface area contributed by atoms with Gasteiger partial charge in [0.1, 0.15) is 0 Å². The number of hydrogen-bond acceptors (Lipinski definition) is 5. The molecule has 2 amide bonds. The molecule has 4 N–H and O–H groups in total. The van der Waals surface area contributed by atoms with Crippen molar-refractivity contribution in [2.75, 3.05) is 39.2 Å². The van der Waals surface area contributed by atoms with E-state index < -0.39 is 0 Å². The molecule has 0 aromatic heterocycles. The van der Waals surface area contributed by atoms with Crippen LogP contribution in [0, 0.1) is 0 Å². The minimum absolute atomic E-state index is 0. The van der Waals surface area contributed by atoms with E-state index in [-0.39, 0.29) is 48.3 Å². The highest BCUT2D eigenvalue weighted by molar-refractivity contribution is 14.0. The number of benzene rings is 2. The van der Waals surface area contributed by atoms with Crippen molar-refractivity contribution in [3.8, 4) is 11.5 Å². The Balaban J connectivity index is 0.00000341. The number of carbonyl (C=O) groups excluding carboxylic acids is 2. The normalized spacial score (nSPS) is 13.7. The third-order valence-corrected chi connectivity index (χ3v) is 4.61. The predicted octanol–water partition coefficient (Wildman–Crippen LogP) is 1.82. The Labute approximate surface area is 198 Å². The first kappa shape index (κ1) is 24.3. The van der Waals surface area contributed by atoms with Gasteiger partial charge in [-0.3, -0.25) is 9.59 Å².